The molecule has 0 aromatic heterocycles. The van der Waals surface area contributed by atoms with E-state index in [0.29, 0.717) is 21.9 Å². The SMILES string of the molecule is CC#CN1C(=O)N(c2ccc(C#N)c(C(F)(F)F)c2)C(=O)C1(CO)c1ccccc1.N#Cc1ccc(N2C(=O)NC(CO)(c3ccccc3)C2=O)cc1C(F)(F)F. The number of carbonyl (C=O) groups is 4. The summed E-state index contributed by atoms with van der Waals surface area (Å²) in [6.07, 6.45) is -9.71. The maximum absolute atomic E-state index is 13.4. The van der Waals surface area contributed by atoms with Crippen molar-refractivity contribution in [2.45, 2.75) is 30.4 Å². The molecule has 2 unspecified atom stereocenters. The minimum Gasteiger partial charge on any atom is -0.393 e. The number of aliphatic hydroxyl groups is 2. The Morgan fingerprint density at radius 3 is 1.56 bits per heavy atom. The second kappa shape index (κ2) is 15.5. The Balaban J connectivity index is 0.000000219. The summed E-state index contributed by atoms with van der Waals surface area (Å²) in [6.45, 7) is -0.202. The lowest BCUT2D eigenvalue weighted by atomic mass is 9.89. The third-order valence-electron chi connectivity index (χ3n) is 8.99. The molecule has 3 N–H and O–H groups in total. The lowest BCUT2D eigenvalue weighted by molar-refractivity contribution is -0.138. The van der Waals surface area contributed by atoms with Gasteiger partial charge in [0.25, 0.3) is 11.8 Å². The van der Waals surface area contributed by atoms with Crippen LogP contribution in [-0.2, 0) is 33.0 Å². The fourth-order valence-electron chi connectivity index (χ4n) is 6.24. The number of nitrogens with one attached hydrogen (secondary N) is 1. The molecule has 4 aromatic carbocycles. The molecule has 2 aliphatic rings. The fourth-order valence-corrected chi connectivity index (χ4v) is 6.24. The highest BCUT2D eigenvalue weighted by Crippen LogP contribution is 2.42. The zero-order chi connectivity index (χ0) is 41.9. The zero-order valence-electron chi connectivity index (χ0n) is 29.2. The van der Waals surface area contributed by atoms with Gasteiger partial charge in [-0.25, -0.2) is 24.3 Å². The molecular formula is C39H26F6N6O6. The first kappa shape index (κ1) is 41.0. The first-order chi connectivity index (χ1) is 27.0. The molecule has 0 bridgehead atoms. The van der Waals surface area contributed by atoms with Crippen LogP contribution >= 0.6 is 0 Å². The maximum Gasteiger partial charge on any atom is 0.417 e. The van der Waals surface area contributed by atoms with E-state index in [2.05, 4.69) is 17.3 Å². The molecule has 6 rings (SSSR count). The number of urea groups is 2. The smallest absolute Gasteiger partial charge is 0.393 e. The Morgan fingerprint density at radius 1 is 0.667 bits per heavy atom. The van der Waals surface area contributed by atoms with Gasteiger partial charge < -0.3 is 15.5 Å². The minimum absolute atomic E-state index is 0.251. The molecular weight excluding hydrogens is 762 g/mol. The van der Waals surface area contributed by atoms with E-state index in [1.54, 1.807) is 36.4 Å². The van der Waals surface area contributed by atoms with E-state index in [9.17, 15) is 55.7 Å². The summed E-state index contributed by atoms with van der Waals surface area (Å²) in [4.78, 5) is 53.6. The summed E-state index contributed by atoms with van der Waals surface area (Å²) in [7, 11) is 0. The molecule has 6 amide bonds. The normalized spacial score (nSPS) is 19.2. The van der Waals surface area contributed by atoms with Gasteiger partial charge in [-0.05, 0) is 54.4 Å². The number of halogens is 6. The number of hydrogen-bond acceptors (Lipinski definition) is 8. The monoisotopic (exact) mass is 788 g/mol. The molecule has 2 fully saturated rings. The van der Waals surface area contributed by atoms with Crippen LogP contribution < -0.4 is 15.1 Å². The number of hydrogen-bond donors (Lipinski definition) is 3. The van der Waals surface area contributed by atoms with Gasteiger partial charge >= 0.3 is 24.4 Å². The molecule has 12 nitrogen and oxygen atoms in total. The number of anilines is 2. The Kier molecular flexibility index (Phi) is 11.1. The third kappa shape index (κ3) is 7.09. The number of imide groups is 2. The number of aliphatic hydroxyl groups excluding tert-OH is 2. The summed E-state index contributed by atoms with van der Waals surface area (Å²) in [5.74, 6) is 0.613. The van der Waals surface area contributed by atoms with Crippen molar-refractivity contribution < 1.29 is 55.7 Å². The van der Waals surface area contributed by atoms with Crippen molar-refractivity contribution >= 4 is 35.3 Å². The Morgan fingerprint density at radius 2 is 1.14 bits per heavy atom. The highest BCUT2D eigenvalue weighted by atomic mass is 19.4. The molecule has 0 saturated carbocycles. The molecule has 18 heteroatoms. The van der Waals surface area contributed by atoms with E-state index in [0.717, 1.165) is 29.2 Å². The molecule has 2 saturated heterocycles. The Hall–Kier alpha value is -7.20. The summed E-state index contributed by atoms with van der Waals surface area (Å²) in [6, 6.07) is 24.2. The molecule has 2 aliphatic heterocycles. The van der Waals surface area contributed by atoms with E-state index in [1.807, 2.05) is 0 Å². The molecule has 2 atom stereocenters. The van der Waals surface area contributed by atoms with E-state index in [-0.39, 0.29) is 22.5 Å². The fraction of sp³-hybridized carbons (Fsp3) is 0.179. The number of nitriles is 2. The van der Waals surface area contributed by atoms with Crippen LogP contribution in [0.25, 0.3) is 0 Å². The lowest BCUT2D eigenvalue weighted by Crippen LogP contribution is -2.48. The van der Waals surface area contributed by atoms with Crippen LogP contribution in [0.15, 0.2) is 97.1 Å². The van der Waals surface area contributed by atoms with Gasteiger partial charge in [0.2, 0.25) is 0 Å². The van der Waals surface area contributed by atoms with Crippen LogP contribution in [0, 0.1) is 34.6 Å². The van der Waals surface area contributed by atoms with Crippen LogP contribution in [0.5, 0.6) is 0 Å². The number of rotatable bonds is 6. The lowest BCUT2D eigenvalue weighted by Gasteiger charge is -2.29. The number of nitrogens with zero attached hydrogens (tertiary/aromatic N) is 5. The first-order valence-electron chi connectivity index (χ1n) is 16.3. The van der Waals surface area contributed by atoms with Gasteiger partial charge in [-0.3, -0.25) is 9.59 Å². The van der Waals surface area contributed by atoms with Gasteiger partial charge in [-0.1, -0.05) is 66.6 Å². The van der Waals surface area contributed by atoms with Crippen molar-refractivity contribution in [3.05, 3.63) is 130 Å². The van der Waals surface area contributed by atoms with Crippen molar-refractivity contribution in [3.8, 4) is 24.1 Å². The summed E-state index contributed by atoms with van der Waals surface area (Å²) < 4.78 is 79.6. The Labute approximate surface area is 319 Å². The van der Waals surface area contributed by atoms with Crippen LogP contribution in [0.4, 0.5) is 47.3 Å². The van der Waals surface area contributed by atoms with Gasteiger partial charge in [-0.2, -0.15) is 36.9 Å². The minimum atomic E-state index is -4.87. The van der Waals surface area contributed by atoms with Gasteiger partial charge in [0.1, 0.15) is 0 Å². The second-order valence-corrected chi connectivity index (χ2v) is 12.2. The zero-order valence-corrected chi connectivity index (χ0v) is 29.2. The van der Waals surface area contributed by atoms with E-state index >= 15 is 0 Å². The summed E-state index contributed by atoms with van der Waals surface area (Å²) in [5, 5.41) is 40.2. The molecule has 2 heterocycles. The molecule has 57 heavy (non-hydrogen) atoms. The van der Waals surface area contributed by atoms with E-state index < -0.39 is 82.8 Å². The maximum atomic E-state index is 13.4. The number of amides is 6. The van der Waals surface area contributed by atoms with Gasteiger partial charge in [0, 0.05) is 6.04 Å². The second-order valence-electron chi connectivity index (χ2n) is 12.2. The molecule has 4 aromatic rings. The average Bonchev–Trinajstić information content (AvgIpc) is 3.59. The molecule has 0 aliphatic carbocycles. The van der Waals surface area contributed by atoms with Crippen molar-refractivity contribution in [2.24, 2.45) is 0 Å². The summed E-state index contributed by atoms with van der Waals surface area (Å²) in [5.41, 5.74) is -7.74. The molecule has 290 valence electrons. The quantitative estimate of drug-likeness (QED) is 0.126. The standard InChI is InChI=1S/C21H14F3N3O3.C18H12F3N3O3/c1-2-10-26-19(30)27(16-9-8-14(12-25)17(11-16)21(22,23)24)18(29)20(26,13-28)15-6-4-3-5-7-15;19-18(20,21)14-8-13(7-6-11(14)9-22)24-15(26)17(10-25,23-16(24)27)12-4-2-1-3-5-12/h3-9,11,28H,13H2,1H3;1-8,25H,10H2,(H,23,27). The van der Waals surface area contributed by atoms with Crippen molar-refractivity contribution in [1.29, 1.82) is 10.5 Å². The Bertz CT molecular complexity index is 2400. The van der Waals surface area contributed by atoms with Crippen LogP contribution in [-0.4, -0.2) is 52.2 Å². The predicted octanol–water partition coefficient (Wildman–Crippen LogP) is 5.74. The van der Waals surface area contributed by atoms with E-state index in [4.69, 9.17) is 10.5 Å². The first-order valence-corrected chi connectivity index (χ1v) is 16.3. The largest absolute Gasteiger partial charge is 0.417 e. The van der Waals surface area contributed by atoms with E-state index in [1.165, 1.54) is 43.3 Å². The number of carbonyl (C=O) groups excluding carboxylic acids is 4. The average molecular weight is 789 g/mol. The topological polar surface area (TPSA) is 178 Å². The molecule has 0 radical (unpaired) electrons. The van der Waals surface area contributed by atoms with Crippen LogP contribution in [0.3, 0.4) is 0 Å². The van der Waals surface area contributed by atoms with Crippen molar-refractivity contribution in [1.82, 2.24) is 10.2 Å². The highest BCUT2D eigenvalue weighted by molar-refractivity contribution is 6.24. The molecule has 0 spiro atoms. The van der Waals surface area contributed by atoms with Crippen LogP contribution in [0.1, 0.15) is 40.3 Å². The third-order valence-corrected chi connectivity index (χ3v) is 8.99. The van der Waals surface area contributed by atoms with Gasteiger partial charge in [-0.15, -0.1) is 0 Å². The van der Waals surface area contributed by atoms with Crippen LogP contribution in [0.2, 0.25) is 0 Å². The van der Waals surface area contributed by atoms with Crippen molar-refractivity contribution in [2.75, 3.05) is 23.0 Å². The summed E-state index contributed by atoms with van der Waals surface area (Å²) >= 11 is 0. The number of benzene rings is 4. The predicted molar refractivity (Wildman–Crippen MR) is 187 cm³/mol. The highest BCUT2D eigenvalue weighted by Gasteiger charge is 2.59. The van der Waals surface area contributed by atoms with Crippen molar-refractivity contribution in [3.63, 3.8) is 0 Å². The van der Waals surface area contributed by atoms with Gasteiger partial charge in [0.15, 0.2) is 11.1 Å². The van der Waals surface area contributed by atoms with Gasteiger partial charge in [0.05, 0.1) is 59.0 Å². The number of alkyl halides is 6.